The molecule has 4 heteroatoms. The first kappa shape index (κ1) is 17.0. The van der Waals surface area contributed by atoms with Crippen LogP contribution in [0.4, 0.5) is 0 Å². The van der Waals surface area contributed by atoms with Crippen molar-refractivity contribution in [2.75, 3.05) is 20.1 Å². The van der Waals surface area contributed by atoms with Crippen LogP contribution in [0.5, 0.6) is 0 Å². The van der Waals surface area contributed by atoms with E-state index in [0.29, 0.717) is 0 Å². The molecule has 0 spiro atoms. The van der Waals surface area contributed by atoms with Crippen LogP contribution in [0.2, 0.25) is 0 Å². The Morgan fingerprint density at radius 3 is 2.57 bits per heavy atom. The van der Waals surface area contributed by atoms with Gasteiger partial charge in [0.05, 0.1) is 0 Å². The third kappa shape index (κ3) is 6.10. The monoisotopic (exact) mass is 310 g/mol. The molecule has 0 unspecified atom stereocenters. The number of aryl methyl sites for hydroxylation is 2. The first-order valence-electron chi connectivity index (χ1n) is 8.17. The zero-order valence-corrected chi connectivity index (χ0v) is 14.0. The first-order valence-corrected chi connectivity index (χ1v) is 8.17. The van der Waals surface area contributed by atoms with Crippen LogP contribution in [0.15, 0.2) is 53.8 Å². The fourth-order valence-electron chi connectivity index (χ4n) is 2.46. The van der Waals surface area contributed by atoms with Gasteiger partial charge in [-0.3, -0.25) is 9.98 Å². The van der Waals surface area contributed by atoms with Gasteiger partial charge in [0.25, 0.3) is 0 Å². The summed E-state index contributed by atoms with van der Waals surface area (Å²) in [4.78, 5) is 8.39. The van der Waals surface area contributed by atoms with Crippen molar-refractivity contribution in [1.29, 1.82) is 0 Å². The Morgan fingerprint density at radius 1 is 1.04 bits per heavy atom. The molecule has 1 aromatic carbocycles. The number of aliphatic imine (C=N–C) groups is 1. The second-order valence-corrected chi connectivity index (χ2v) is 5.57. The minimum absolute atomic E-state index is 0.864. The van der Waals surface area contributed by atoms with E-state index in [9.17, 15) is 0 Å². The quantitative estimate of drug-likeness (QED) is 0.470. The summed E-state index contributed by atoms with van der Waals surface area (Å²) in [5, 5.41) is 6.73. The van der Waals surface area contributed by atoms with Crippen molar-refractivity contribution in [3.63, 3.8) is 0 Å². The predicted octanol–water partition coefficient (Wildman–Crippen LogP) is 2.73. The Labute approximate surface area is 139 Å². The zero-order valence-electron chi connectivity index (χ0n) is 14.0. The highest BCUT2D eigenvalue weighted by molar-refractivity contribution is 5.79. The van der Waals surface area contributed by atoms with Crippen molar-refractivity contribution >= 4 is 5.96 Å². The Bertz CT molecular complexity index is 608. The summed E-state index contributed by atoms with van der Waals surface area (Å²) >= 11 is 0. The molecule has 0 fully saturated rings. The van der Waals surface area contributed by atoms with Crippen LogP contribution in [0.25, 0.3) is 0 Å². The maximum atomic E-state index is 4.27. The summed E-state index contributed by atoms with van der Waals surface area (Å²) < 4.78 is 0. The Balaban J connectivity index is 1.65. The molecule has 122 valence electrons. The molecule has 1 heterocycles. The standard InChI is InChI=1S/C19H26N4/c1-16-15-21-13-10-18(16)11-14-23-19(20-2)22-12-6-9-17-7-4-3-5-8-17/h3-5,7-8,10,13,15H,6,9,11-12,14H2,1-2H3,(H2,20,22,23). The number of benzene rings is 1. The second kappa shape index (κ2) is 9.62. The van der Waals surface area contributed by atoms with E-state index in [-0.39, 0.29) is 0 Å². The van der Waals surface area contributed by atoms with Gasteiger partial charge < -0.3 is 10.6 Å². The van der Waals surface area contributed by atoms with Crippen LogP contribution in [-0.4, -0.2) is 31.1 Å². The fraction of sp³-hybridized carbons (Fsp3) is 0.368. The lowest BCUT2D eigenvalue weighted by atomic mass is 10.1. The molecule has 0 amide bonds. The van der Waals surface area contributed by atoms with E-state index >= 15 is 0 Å². The van der Waals surface area contributed by atoms with Gasteiger partial charge in [0, 0.05) is 32.5 Å². The zero-order chi connectivity index (χ0) is 16.3. The lowest BCUT2D eigenvalue weighted by Gasteiger charge is -2.12. The molecule has 0 saturated heterocycles. The summed E-state index contributed by atoms with van der Waals surface area (Å²) in [6, 6.07) is 12.6. The van der Waals surface area contributed by atoms with Crippen molar-refractivity contribution in [2.24, 2.45) is 4.99 Å². The van der Waals surface area contributed by atoms with Crippen molar-refractivity contribution in [3.8, 4) is 0 Å². The van der Waals surface area contributed by atoms with Gasteiger partial charge in [-0.15, -0.1) is 0 Å². The van der Waals surface area contributed by atoms with Crippen LogP contribution in [0.3, 0.4) is 0 Å². The average Bonchev–Trinajstić information content (AvgIpc) is 2.59. The Kier molecular flexibility index (Phi) is 7.11. The van der Waals surface area contributed by atoms with Gasteiger partial charge >= 0.3 is 0 Å². The predicted molar refractivity (Wildman–Crippen MR) is 96.8 cm³/mol. The Hall–Kier alpha value is -2.36. The summed E-state index contributed by atoms with van der Waals surface area (Å²) in [5.41, 5.74) is 3.94. The SMILES string of the molecule is CN=C(NCCCc1ccccc1)NCCc1ccncc1C. The third-order valence-electron chi connectivity index (χ3n) is 3.82. The van der Waals surface area contributed by atoms with Crippen LogP contribution in [0, 0.1) is 6.92 Å². The molecule has 0 atom stereocenters. The molecule has 2 rings (SSSR count). The lowest BCUT2D eigenvalue weighted by Crippen LogP contribution is -2.38. The van der Waals surface area contributed by atoms with Crippen LogP contribution in [-0.2, 0) is 12.8 Å². The number of hydrogen-bond acceptors (Lipinski definition) is 2. The molecule has 0 radical (unpaired) electrons. The Morgan fingerprint density at radius 2 is 1.83 bits per heavy atom. The molecular weight excluding hydrogens is 284 g/mol. The van der Waals surface area contributed by atoms with E-state index in [1.807, 2.05) is 19.4 Å². The van der Waals surface area contributed by atoms with Crippen LogP contribution >= 0.6 is 0 Å². The summed E-state index contributed by atoms with van der Waals surface area (Å²) in [7, 11) is 1.81. The number of nitrogens with one attached hydrogen (secondary N) is 2. The van der Waals surface area contributed by atoms with Crippen LogP contribution in [0.1, 0.15) is 23.1 Å². The molecule has 0 saturated carbocycles. The number of pyridine rings is 1. The van der Waals surface area contributed by atoms with Crippen molar-refractivity contribution in [1.82, 2.24) is 15.6 Å². The largest absolute Gasteiger partial charge is 0.356 e. The maximum Gasteiger partial charge on any atom is 0.190 e. The minimum atomic E-state index is 0.864. The third-order valence-corrected chi connectivity index (χ3v) is 3.82. The van der Waals surface area contributed by atoms with Crippen molar-refractivity contribution < 1.29 is 0 Å². The molecule has 0 aliphatic rings. The maximum absolute atomic E-state index is 4.27. The van der Waals surface area contributed by atoms with Crippen molar-refractivity contribution in [3.05, 3.63) is 65.5 Å². The fourth-order valence-corrected chi connectivity index (χ4v) is 2.46. The number of rotatable bonds is 7. The summed E-state index contributed by atoms with van der Waals surface area (Å²) in [6.07, 6.45) is 6.90. The molecule has 0 aliphatic carbocycles. The average molecular weight is 310 g/mol. The second-order valence-electron chi connectivity index (χ2n) is 5.57. The van der Waals surface area contributed by atoms with E-state index in [4.69, 9.17) is 0 Å². The molecule has 2 N–H and O–H groups in total. The van der Waals surface area contributed by atoms with Crippen LogP contribution < -0.4 is 10.6 Å². The van der Waals surface area contributed by atoms with E-state index in [1.54, 1.807) is 0 Å². The molecule has 4 nitrogen and oxygen atoms in total. The number of hydrogen-bond donors (Lipinski definition) is 2. The first-order chi connectivity index (χ1) is 11.3. The van der Waals surface area contributed by atoms with Crippen molar-refractivity contribution in [2.45, 2.75) is 26.2 Å². The highest BCUT2D eigenvalue weighted by Crippen LogP contribution is 2.05. The van der Waals surface area contributed by atoms with E-state index in [2.05, 4.69) is 63.9 Å². The summed E-state index contributed by atoms with van der Waals surface area (Å²) in [5.74, 6) is 0.866. The minimum Gasteiger partial charge on any atom is -0.356 e. The lowest BCUT2D eigenvalue weighted by molar-refractivity contribution is 0.738. The van der Waals surface area contributed by atoms with Gasteiger partial charge in [0.1, 0.15) is 0 Å². The van der Waals surface area contributed by atoms with Gasteiger partial charge in [-0.1, -0.05) is 30.3 Å². The van der Waals surface area contributed by atoms with Gasteiger partial charge in [-0.25, -0.2) is 0 Å². The molecule has 0 aliphatic heterocycles. The topological polar surface area (TPSA) is 49.3 Å². The highest BCUT2D eigenvalue weighted by Gasteiger charge is 2.00. The molecule has 23 heavy (non-hydrogen) atoms. The van der Waals surface area contributed by atoms with E-state index < -0.39 is 0 Å². The number of guanidine groups is 1. The molecule has 2 aromatic rings. The smallest absolute Gasteiger partial charge is 0.190 e. The molecule has 1 aromatic heterocycles. The number of nitrogens with zero attached hydrogens (tertiary/aromatic N) is 2. The highest BCUT2D eigenvalue weighted by atomic mass is 15.2. The van der Waals surface area contributed by atoms with E-state index in [0.717, 1.165) is 38.3 Å². The molecule has 0 bridgehead atoms. The molecular formula is C19H26N4. The van der Waals surface area contributed by atoms with Gasteiger partial charge in [-0.2, -0.15) is 0 Å². The number of aromatic nitrogens is 1. The van der Waals surface area contributed by atoms with E-state index in [1.165, 1.54) is 16.7 Å². The van der Waals surface area contributed by atoms with Gasteiger partial charge in [0.2, 0.25) is 0 Å². The van der Waals surface area contributed by atoms with Gasteiger partial charge in [-0.05, 0) is 48.9 Å². The summed E-state index contributed by atoms with van der Waals surface area (Å²) in [6.45, 7) is 3.88. The normalized spacial score (nSPS) is 11.3. The van der Waals surface area contributed by atoms with Gasteiger partial charge in [0.15, 0.2) is 5.96 Å².